The van der Waals surface area contributed by atoms with Gasteiger partial charge in [-0.2, -0.15) is 4.98 Å². The van der Waals surface area contributed by atoms with E-state index >= 15 is 0 Å². The van der Waals surface area contributed by atoms with Crippen molar-refractivity contribution in [2.75, 3.05) is 22.5 Å². The molecule has 1 heterocycles. The maximum atomic E-state index is 12.3. The molecule has 0 bridgehead atoms. The van der Waals surface area contributed by atoms with E-state index in [4.69, 9.17) is 0 Å². The summed E-state index contributed by atoms with van der Waals surface area (Å²) in [4.78, 5) is 21.1. The number of halogens is 1. The molecule has 0 aliphatic rings. The normalized spacial score (nSPS) is 10.3. The molecular formula is C20H20IN5O. The third-order valence-corrected chi connectivity index (χ3v) is 4.36. The van der Waals surface area contributed by atoms with E-state index < -0.39 is 0 Å². The predicted molar refractivity (Wildman–Crippen MR) is 118 cm³/mol. The third-order valence-electron chi connectivity index (χ3n) is 3.69. The topological polar surface area (TPSA) is 78.9 Å². The van der Waals surface area contributed by atoms with Crippen molar-refractivity contribution in [1.29, 1.82) is 0 Å². The Bertz CT molecular complexity index is 943. The number of aryl methyl sites for hydroxylation is 1. The van der Waals surface area contributed by atoms with Crippen molar-refractivity contribution in [1.82, 2.24) is 9.97 Å². The monoisotopic (exact) mass is 473 g/mol. The third kappa shape index (κ3) is 5.40. The molecule has 0 saturated carbocycles. The van der Waals surface area contributed by atoms with Gasteiger partial charge in [-0.1, -0.05) is 6.07 Å². The minimum Gasteiger partial charge on any atom is -0.354 e. The van der Waals surface area contributed by atoms with Crippen LogP contribution in [0.2, 0.25) is 0 Å². The molecule has 0 atom stereocenters. The van der Waals surface area contributed by atoms with Crippen molar-refractivity contribution in [2.45, 2.75) is 13.8 Å². The number of nitrogens with zero attached hydrogens (tertiary/aromatic N) is 2. The van der Waals surface area contributed by atoms with E-state index in [9.17, 15) is 4.79 Å². The molecule has 0 aliphatic carbocycles. The molecule has 3 N–H and O–H groups in total. The Labute approximate surface area is 172 Å². The van der Waals surface area contributed by atoms with Crippen molar-refractivity contribution in [3.05, 3.63) is 69.4 Å². The number of benzene rings is 2. The highest BCUT2D eigenvalue weighted by atomic mass is 127. The lowest BCUT2D eigenvalue weighted by molar-refractivity contribution is 0.102. The summed E-state index contributed by atoms with van der Waals surface area (Å²) in [5, 5.41) is 9.28. The second-order valence-electron chi connectivity index (χ2n) is 5.92. The van der Waals surface area contributed by atoms with E-state index in [0.29, 0.717) is 17.3 Å². The zero-order valence-electron chi connectivity index (χ0n) is 15.1. The number of carbonyl (C=O) groups excluding carboxylic acids is 1. The quantitative estimate of drug-likeness (QED) is 0.448. The largest absolute Gasteiger partial charge is 0.354 e. The molecule has 0 aliphatic heterocycles. The van der Waals surface area contributed by atoms with E-state index in [1.165, 1.54) is 0 Å². The number of nitrogens with one attached hydrogen (secondary N) is 3. The number of carbonyl (C=O) groups is 1. The minimum atomic E-state index is -0.129. The average Bonchev–Trinajstić information content (AvgIpc) is 2.63. The van der Waals surface area contributed by atoms with Crippen LogP contribution in [-0.4, -0.2) is 22.4 Å². The number of rotatable bonds is 6. The Morgan fingerprint density at radius 1 is 1.04 bits per heavy atom. The van der Waals surface area contributed by atoms with Crippen LogP contribution >= 0.6 is 22.6 Å². The molecular weight excluding hydrogens is 453 g/mol. The van der Waals surface area contributed by atoms with Gasteiger partial charge in [0, 0.05) is 38.8 Å². The van der Waals surface area contributed by atoms with E-state index in [2.05, 4.69) is 48.5 Å². The molecule has 1 aromatic heterocycles. The highest BCUT2D eigenvalue weighted by Gasteiger charge is 2.07. The highest BCUT2D eigenvalue weighted by molar-refractivity contribution is 14.1. The average molecular weight is 473 g/mol. The summed E-state index contributed by atoms with van der Waals surface area (Å²) in [6.07, 6.45) is 0. The van der Waals surface area contributed by atoms with E-state index in [1.807, 2.05) is 62.4 Å². The van der Waals surface area contributed by atoms with Gasteiger partial charge in [-0.15, -0.1) is 0 Å². The van der Waals surface area contributed by atoms with Gasteiger partial charge in [0.2, 0.25) is 5.95 Å². The maximum Gasteiger partial charge on any atom is 0.255 e. The molecule has 2 aromatic carbocycles. The van der Waals surface area contributed by atoms with Gasteiger partial charge in [0.05, 0.1) is 0 Å². The number of amides is 1. The summed E-state index contributed by atoms with van der Waals surface area (Å²) < 4.78 is 1.02. The number of aromatic nitrogens is 2. The van der Waals surface area contributed by atoms with Crippen LogP contribution in [0.4, 0.5) is 23.1 Å². The molecule has 0 unspecified atom stereocenters. The molecule has 27 heavy (non-hydrogen) atoms. The standard InChI is InChI=1S/C20H20IN5O/c1-3-22-20-23-13(2)11-18(26-20)24-16-7-9-17(10-8-16)25-19(27)14-5-4-6-15(21)12-14/h4-12H,3H2,1-2H3,(H,25,27)(H2,22,23,24,26). The Morgan fingerprint density at radius 2 is 1.78 bits per heavy atom. The summed E-state index contributed by atoms with van der Waals surface area (Å²) in [5.41, 5.74) is 3.13. The first kappa shape index (κ1) is 19.1. The Morgan fingerprint density at radius 3 is 2.48 bits per heavy atom. The predicted octanol–water partition coefficient (Wildman–Crippen LogP) is 4.82. The molecule has 0 radical (unpaired) electrons. The first-order chi connectivity index (χ1) is 13.0. The van der Waals surface area contributed by atoms with Crippen LogP contribution in [0.3, 0.4) is 0 Å². The van der Waals surface area contributed by atoms with Gasteiger partial charge in [0.15, 0.2) is 0 Å². The second kappa shape index (κ2) is 8.81. The van der Waals surface area contributed by atoms with Gasteiger partial charge in [0.25, 0.3) is 5.91 Å². The van der Waals surface area contributed by atoms with Gasteiger partial charge in [-0.25, -0.2) is 4.98 Å². The molecule has 3 aromatic rings. The Hall–Kier alpha value is -2.68. The smallest absolute Gasteiger partial charge is 0.255 e. The lowest BCUT2D eigenvalue weighted by Crippen LogP contribution is -2.11. The molecule has 3 rings (SSSR count). The first-order valence-electron chi connectivity index (χ1n) is 8.57. The van der Waals surface area contributed by atoms with Crippen LogP contribution in [0.5, 0.6) is 0 Å². The number of hydrogen-bond donors (Lipinski definition) is 3. The molecule has 6 nitrogen and oxygen atoms in total. The van der Waals surface area contributed by atoms with Crippen LogP contribution in [0.15, 0.2) is 54.6 Å². The SMILES string of the molecule is CCNc1nc(C)cc(Nc2ccc(NC(=O)c3cccc(I)c3)cc2)n1. The Balaban J connectivity index is 1.68. The summed E-state index contributed by atoms with van der Waals surface area (Å²) in [6, 6.07) is 16.9. The van der Waals surface area contributed by atoms with Crippen LogP contribution in [0, 0.1) is 10.5 Å². The molecule has 1 amide bonds. The van der Waals surface area contributed by atoms with Crippen LogP contribution in [0.25, 0.3) is 0 Å². The number of hydrogen-bond acceptors (Lipinski definition) is 5. The van der Waals surface area contributed by atoms with Crippen LogP contribution in [0.1, 0.15) is 23.0 Å². The highest BCUT2D eigenvalue weighted by Crippen LogP contribution is 2.20. The Kier molecular flexibility index (Phi) is 6.23. The zero-order chi connectivity index (χ0) is 19.2. The van der Waals surface area contributed by atoms with Crippen molar-refractivity contribution in [3.63, 3.8) is 0 Å². The first-order valence-corrected chi connectivity index (χ1v) is 9.65. The maximum absolute atomic E-state index is 12.3. The van der Waals surface area contributed by atoms with Crippen LogP contribution in [-0.2, 0) is 0 Å². The van der Waals surface area contributed by atoms with E-state index in [1.54, 1.807) is 6.07 Å². The lowest BCUT2D eigenvalue weighted by atomic mass is 10.2. The van der Waals surface area contributed by atoms with Gasteiger partial charge < -0.3 is 16.0 Å². The summed E-state index contributed by atoms with van der Waals surface area (Å²) >= 11 is 2.19. The fourth-order valence-electron chi connectivity index (χ4n) is 2.49. The lowest BCUT2D eigenvalue weighted by Gasteiger charge is -2.10. The van der Waals surface area contributed by atoms with Crippen molar-refractivity contribution in [2.24, 2.45) is 0 Å². The van der Waals surface area contributed by atoms with Crippen molar-refractivity contribution < 1.29 is 4.79 Å². The van der Waals surface area contributed by atoms with Gasteiger partial charge in [-0.05, 0) is 78.9 Å². The molecule has 0 saturated heterocycles. The summed E-state index contributed by atoms with van der Waals surface area (Å²) in [7, 11) is 0. The van der Waals surface area contributed by atoms with Crippen LogP contribution < -0.4 is 16.0 Å². The molecule has 7 heteroatoms. The summed E-state index contributed by atoms with van der Waals surface area (Å²) in [6.45, 7) is 4.69. The van der Waals surface area contributed by atoms with Gasteiger partial charge >= 0.3 is 0 Å². The summed E-state index contributed by atoms with van der Waals surface area (Å²) in [5.74, 6) is 1.19. The fourth-order valence-corrected chi connectivity index (χ4v) is 3.03. The number of anilines is 4. The molecule has 0 fully saturated rings. The van der Waals surface area contributed by atoms with Gasteiger partial charge in [-0.3, -0.25) is 4.79 Å². The second-order valence-corrected chi connectivity index (χ2v) is 7.16. The van der Waals surface area contributed by atoms with E-state index in [-0.39, 0.29) is 5.91 Å². The molecule has 138 valence electrons. The van der Waals surface area contributed by atoms with Crippen molar-refractivity contribution in [3.8, 4) is 0 Å². The fraction of sp³-hybridized carbons (Fsp3) is 0.150. The van der Waals surface area contributed by atoms with Gasteiger partial charge in [0.1, 0.15) is 5.82 Å². The molecule has 0 spiro atoms. The minimum absolute atomic E-state index is 0.129. The van der Waals surface area contributed by atoms with E-state index in [0.717, 1.165) is 27.2 Å². The zero-order valence-corrected chi connectivity index (χ0v) is 17.2. The van der Waals surface area contributed by atoms with Crippen molar-refractivity contribution >= 4 is 51.6 Å².